The van der Waals surface area contributed by atoms with Gasteiger partial charge in [0.1, 0.15) is 0 Å². The first-order valence-electron chi connectivity index (χ1n) is 8.55. The standard InChI is InChI=1S/C18H22N2O6/c1-11(21)20-5-3-4-12(9-20)6-17(22)19-14-8-16-15(25-10-26-16)7-13(14)18(23)24-2/h7-8,12H,3-6,9-10H2,1-2H3,(H,19,22). The molecule has 2 aliphatic heterocycles. The molecule has 1 fully saturated rings. The molecule has 3 rings (SSSR count). The summed E-state index contributed by atoms with van der Waals surface area (Å²) in [6, 6.07) is 3.07. The molecule has 1 atom stereocenters. The van der Waals surface area contributed by atoms with Crippen LogP contribution in [0, 0.1) is 5.92 Å². The Kier molecular flexibility index (Phi) is 5.29. The van der Waals surface area contributed by atoms with Crippen molar-refractivity contribution < 1.29 is 28.6 Å². The van der Waals surface area contributed by atoms with Crippen molar-refractivity contribution in [2.45, 2.75) is 26.2 Å². The Labute approximate surface area is 151 Å². The number of rotatable bonds is 4. The van der Waals surface area contributed by atoms with Gasteiger partial charge < -0.3 is 24.4 Å². The Morgan fingerprint density at radius 2 is 2.00 bits per heavy atom. The highest BCUT2D eigenvalue weighted by Gasteiger charge is 2.26. The zero-order valence-corrected chi connectivity index (χ0v) is 14.9. The van der Waals surface area contributed by atoms with Gasteiger partial charge in [0.05, 0.1) is 18.4 Å². The molecule has 8 heteroatoms. The number of fused-ring (bicyclic) bond motifs is 1. The van der Waals surface area contributed by atoms with Gasteiger partial charge in [0.15, 0.2) is 11.5 Å². The maximum Gasteiger partial charge on any atom is 0.340 e. The molecule has 0 spiro atoms. The number of nitrogens with one attached hydrogen (secondary N) is 1. The van der Waals surface area contributed by atoms with Gasteiger partial charge in [0, 0.05) is 38.6 Å². The highest BCUT2D eigenvalue weighted by molar-refractivity contribution is 6.02. The van der Waals surface area contributed by atoms with Crippen LogP contribution in [0.2, 0.25) is 0 Å². The summed E-state index contributed by atoms with van der Waals surface area (Å²) >= 11 is 0. The van der Waals surface area contributed by atoms with E-state index >= 15 is 0 Å². The minimum Gasteiger partial charge on any atom is -0.465 e. The second-order valence-corrected chi connectivity index (χ2v) is 6.47. The number of ether oxygens (including phenoxy) is 3. The Hall–Kier alpha value is -2.77. The third-order valence-electron chi connectivity index (χ3n) is 4.63. The van der Waals surface area contributed by atoms with Gasteiger partial charge in [-0.15, -0.1) is 0 Å². The smallest absolute Gasteiger partial charge is 0.340 e. The van der Waals surface area contributed by atoms with Crippen LogP contribution >= 0.6 is 0 Å². The number of methoxy groups -OCH3 is 1. The largest absolute Gasteiger partial charge is 0.465 e. The number of esters is 1. The second kappa shape index (κ2) is 7.63. The van der Waals surface area contributed by atoms with E-state index in [1.165, 1.54) is 20.1 Å². The van der Waals surface area contributed by atoms with E-state index in [4.69, 9.17) is 14.2 Å². The van der Waals surface area contributed by atoms with E-state index in [0.29, 0.717) is 23.7 Å². The molecule has 1 aromatic carbocycles. The third kappa shape index (κ3) is 3.89. The average molecular weight is 362 g/mol. The van der Waals surface area contributed by atoms with Crippen molar-refractivity contribution in [3.8, 4) is 11.5 Å². The van der Waals surface area contributed by atoms with E-state index < -0.39 is 5.97 Å². The number of hydrogen-bond acceptors (Lipinski definition) is 6. The van der Waals surface area contributed by atoms with Gasteiger partial charge in [-0.25, -0.2) is 4.79 Å². The van der Waals surface area contributed by atoms with E-state index in [9.17, 15) is 14.4 Å². The molecule has 1 aromatic rings. The first-order chi connectivity index (χ1) is 12.5. The summed E-state index contributed by atoms with van der Waals surface area (Å²) in [5.41, 5.74) is 0.532. The summed E-state index contributed by atoms with van der Waals surface area (Å²) in [6.45, 7) is 2.92. The first kappa shape index (κ1) is 18.0. The number of amides is 2. The molecular weight excluding hydrogens is 340 g/mol. The lowest BCUT2D eigenvalue weighted by Gasteiger charge is -2.31. The molecule has 0 aliphatic carbocycles. The van der Waals surface area contributed by atoms with Crippen LogP contribution in [0.5, 0.6) is 11.5 Å². The number of hydrogen-bond donors (Lipinski definition) is 1. The molecule has 2 amide bonds. The zero-order chi connectivity index (χ0) is 18.7. The van der Waals surface area contributed by atoms with Crippen molar-refractivity contribution >= 4 is 23.5 Å². The highest BCUT2D eigenvalue weighted by atomic mass is 16.7. The highest BCUT2D eigenvalue weighted by Crippen LogP contribution is 2.37. The number of carbonyl (C=O) groups excluding carboxylic acids is 3. The lowest BCUT2D eigenvalue weighted by molar-refractivity contribution is -0.131. The van der Waals surface area contributed by atoms with Gasteiger partial charge >= 0.3 is 5.97 Å². The van der Waals surface area contributed by atoms with Crippen LogP contribution in [-0.4, -0.2) is 49.7 Å². The number of carbonyl (C=O) groups is 3. The van der Waals surface area contributed by atoms with Crippen molar-refractivity contribution in [1.29, 1.82) is 0 Å². The van der Waals surface area contributed by atoms with E-state index in [2.05, 4.69) is 5.32 Å². The van der Waals surface area contributed by atoms with E-state index in [1.807, 2.05) is 0 Å². The molecule has 0 bridgehead atoms. The molecule has 1 saturated heterocycles. The maximum absolute atomic E-state index is 12.5. The lowest BCUT2D eigenvalue weighted by atomic mass is 9.94. The summed E-state index contributed by atoms with van der Waals surface area (Å²) in [7, 11) is 1.27. The SMILES string of the molecule is COC(=O)c1cc2c(cc1NC(=O)CC1CCCN(C(C)=O)C1)OCO2. The van der Waals surface area contributed by atoms with Crippen LogP contribution in [0.15, 0.2) is 12.1 Å². The first-order valence-corrected chi connectivity index (χ1v) is 8.55. The van der Waals surface area contributed by atoms with E-state index in [-0.39, 0.29) is 36.5 Å². The van der Waals surface area contributed by atoms with Crippen LogP contribution in [0.1, 0.15) is 36.5 Å². The molecule has 1 unspecified atom stereocenters. The molecule has 2 aliphatic rings. The molecule has 8 nitrogen and oxygen atoms in total. The topological polar surface area (TPSA) is 94.2 Å². The Morgan fingerprint density at radius 3 is 2.69 bits per heavy atom. The summed E-state index contributed by atoms with van der Waals surface area (Å²) in [6.07, 6.45) is 2.05. The molecule has 140 valence electrons. The van der Waals surface area contributed by atoms with Crippen molar-refractivity contribution in [3.63, 3.8) is 0 Å². The second-order valence-electron chi connectivity index (χ2n) is 6.47. The molecular formula is C18H22N2O6. The molecule has 0 aromatic heterocycles. The Balaban J connectivity index is 1.70. The summed E-state index contributed by atoms with van der Waals surface area (Å²) in [5.74, 6) is 0.242. The average Bonchev–Trinajstić information content (AvgIpc) is 3.07. The predicted molar refractivity (Wildman–Crippen MR) is 92.1 cm³/mol. The third-order valence-corrected chi connectivity index (χ3v) is 4.63. The normalized spacial score (nSPS) is 18.4. The number of piperidine rings is 1. The molecule has 0 radical (unpaired) electrons. The molecule has 2 heterocycles. The van der Waals surface area contributed by atoms with Crippen molar-refractivity contribution in [2.75, 3.05) is 32.3 Å². The van der Waals surface area contributed by atoms with E-state index in [1.54, 1.807) is 11.0 Å². The minimum absolute atomic E-state index is 0.0267. The van der Waals surface area contributed by atoms with Gasteiger partial charge in [-0.05, 0) is 18.8 Å². The van der Waals surface area contributed by atoms with Gasteiger partial charge in [0.25, 0.3) is 0 Å². The maximum atomic E-state index is 12.5. The number of nitrogens with zero attached hydrogens (tertiary/aromatic N) is 1. The minimum atomic E-state index is -0.570. The summed E-state index contributed by atoms with van der Waals surface area (Å²) in [4.78, 5) is 37.8. The molecule has 26 heavy (non-hydrogen) atoms. The Bertz CT molecular complexity index is 733. The van der Waals surface area contributed by atoms with Gasteiger partial charge in [-0.2, -0.15) is 0 Å². The van der Waals surface area contributed by atoms with Crippen molar-refractivity contribution in [2.24, 2.45) is 5.92 Å². The number of likely N-dealkylation sites (tertiary alicyclic amines) is 1. The monoisotopic (exact) mass is 362 g/mol. The van der Waals surface area contributed by atoms with Crippen LogP contribution in [-0.2, 0) is 14.3 Å². The van der Waals surface area contributed by atoms with E-state index in [0.717, 1.165) is 19.4 Å². The lowest BCUT2D eigenvalue weighted by Crippen LogP contribution is -2.39. The summed E-state index contributed by atoms with van der Waals surface area (Å²) < 4.78 is 15.4. The number of benzene rings is 1. The fraction of sp³-hybridized carbons (Fsp3) is 0.500. The fourth-order valence-electron chi connectivity index (χ4n) is 3.31. The fourth-order valence-corrected chi connectivity index (χ4v) is 3.31. The number of anilines is 1. The predicted octanol–water partition coefficient (Wildman–Crippen LogP) is 1.79. The Morgan fingerprint density at radius 1 is 1.27 bits per heavy atom. The van der Waals surface area contributed by atoms with Crippen LogP contribution in [0.25, 0.3) is 0 Å². The van der Waals surface area contributed by atoms with Gasteiger partial charge in [0.2, 0.25) is 18.6 Å². The van der Waals surface area contributed by atoms with Crippen LogP contribution < -0.4 is 14.8 Å². The molecule has 0 saturated carbocycles. The zero-order valence-electron chi connectivity index (χ0n) is 14.9. The van der Waals surface area contributed by atoms with Crippen molar-refractivity contribution in [3.05, 3.63) is 17.7 Å². The van der Waals surface area contributed by atoms with Crippen molar-refractivity contribution in [1.82, 2.24) is 4.90 Å². The van der Waals surface area contributed by atoms with Gasteiger partial charge in [-0.3, -0.25) is 9.59 Å². The molecule has 1 N–H and O–H groups in total. The van der Waals surface area contributed by atoms with Gasteiger partial charge in [-0.1, -0.05) is 0 Å². The van der Waals surface area contributed by atoms with Crippen LogP contribution in [0.4, 0.5) is 5.69 Å². The summed E-state index contributed by atoms with van der Waals surface area (Å²) in [5, 5.41) is 2.77. The quantitative estimate of drug-likeness (QED) is 0.821. The van der Waals surface area contributed by atoms with Crippen LogP contribution in [0.3, 0.4) is 0 Å².